The van der Waals surface area contributed by atoms with Gasteiger partial charge >= 0.3 is 0 Å². The summed E-state index contributed by atoms with van der Waals surface area (Å²) in [5.74, 6) is 0.107. The van der Waals surface area contributed by atoms with E-state index in [2.05, 4.69) is 12.2 Å². The molecule has 0 aromatic carbocycles. The predicted molar refractivity (Wildman–Crippen MR) is 77.5 cm³/mol. The smallest absolute Gasteiger partial charge is 0.243 e. The van der Waals surface area contributed by atoms with E-state index in [1.807, 2.05) is 6.08 Å². The maximum absolute atomic E-state index is 11.6. The van der Waals surface area contributed by atoms with Crippen molar-refractivity contribution >= 4 is 5.91 Å². The Kier molecular flexibility index (Phi) is 8.62. The molecule has 1 N–H and O–H groups in total. The zero-order chi connectivity index (χ0) is 13.1. The molecule has 0 saturated heterocycles. The first-order valence-corrected chi connectivity index (χ1v) is 7.80. The molecule has 2 heteroatoms. The zero-order valence-electron chi connectivity index (χ0n) is 11.9. The molecule has 0 spiro atoms. The van der Waals surface area contributed by atoms with E-state index in [1.165, 1.54) is 51.4 Å². The number of carbonyl (C=O) groups is 1. The van der Waals surface area contributed by atoms with Crippen molar-refractivity contribution in [2.75, 3.05) is 0 Å². The van der Waals surface area contributed by atoms with Crippen molar-refractivity contribution in [3.8, 4) is 0 Å². The Morgan fingerprint density at radius 2 is 1.83 bits per heavy atom. The van der Waals surface area contributed by atoms with E-state index in [-0.39, 0.29) is 5.91 Å². The molecule has 0 aromatic heterocycles. The molecule has 18 heavy (non-hydrogen) atoms. The van der Waals surface area contributed by atoms with Crippen LogP contribution in [0.5, 0.6) is 0 Å². The van der Waals surface area contributed by atoms with Crippen LogP contribution in [0.3, 0.4) is 0 Å². The number of hydrogen-bond acceptors (Lipinski definition) is 1. The number of rotatable bonds is 8. The first-order chi connectivity index (χ1) is 8.83. The Balaban J connectivity index is 2.00. The van der Waals surface area contributed by atoms with Gasteiger partial charge in [-0.25, -0.2) is 0 Å². The monoisotopic (exact) mass is 251 g/mol. The van der Waals surface area contributed by atoms with Gasteiger partial charge in [0.1, 0.15) is 0 Å². The molecule has 0 heterocycles. The van der Waals surface area contributed by atoms with Gasteiger partial charge in [-0.2, -0.15) is 0 Å². The van der Waals surface area contributed by atoms with Gasteiger partial charge in [0, 0.05) is 6.04 Å². The van der Waals surface area contributed by atoms with Gasteiger partial charge in [-0.05, 0) is 31.8 Å². The molecular formula is C16H29NO. The first-order valence-electron chi connectivity index (χ1n) is 7.80. The molecule has 1 saturated carbocycles. The van der Waals surface area contributed by atoms with Gasteiger partial charge in [0.25, 0.3) is 0 Å². The van der Waals surface area contributed by atoms with Crippen LogP contribution in [0.25, 0.3) is 0 Å². The molecule has 1 fully saturated rings. The van der Waals surface area contributed by atoms with E-state index in [9.17, 15) is 4.79 Å². The average Bonchev–Trinajstić information content (AvgIpc) is 2.39. The van der Waals surface area contributed by atoms with E-state index in [1.54, 1.807) is 6.08 Å². The third-order valence-corrected chi connectivity index (χ3v) is 3.70. The van der Waals surface area contributed by atoms with Crippen LogP contribution in [0.4, 0.5) is 0 Å². The van der Waals surface area contributed by atoms with Crippen LogP contribution >= 0.6 is 0 Å². The van der Waals surface area contributed by atoms with Gasteiger partial charge in [-0.15, -0.1) is 0 Å². The minimum atomic E-state index is 0.107. The molecule has 1 amide bonds. The fourth-order valence-electron chi connectivity index (χ4n) is 2.55. The third kappa shape index (κ3) is 7.52. The number of hydrogen-bond donors (Lipinski definition) is 1. The number of amides is 1. The SMILES string of the molecule is CCCCCCC/C=C/C(=O)NC1CCCCC1. The third-order valence-electron chi connectivity index (χ3n) is 3.70. The molecule has 0 radical (unpaired) electrons. The van der Waals surface area contributed by atoms with Crippen molar-refractivity contribution in [1.82, 2.24) is 5.32 Å². The molecule has 104 valence electrons. The summed E-state index contributed by atoms with van der Waals surface area (Å²) in [7, 11) is 0. The number of allylic oxidation sites excluding steroid dienone is 1. The maximum Gasteiger partial charge on any atom is 0.243 e. The van der Waals surface area contributed by atoms with Crippen molar-refractivity contribution in [1.29, 1.82) is 0 Å². The highest BCUT2D eigenvalue weighted by Crippen LogP contribution is 2.17. The van der Waals surface area contributed by atoms with Gasteiger partial charge in [0.2, 0.25) is 5.91 Å². The second kappa shape index (κ2) is 10.2. The van der Waals surface area contributed by atoms with E-state index < -0.39 is 0 Å². The van der Waals surface area contributed by atoms with Crippen molar-refractivity contribution < 1.29 is 4.79 Å². The van der Waals surface area contributed by atoms with Crippen molar-refractivity contribution in [2.45, 2.75) is 83.6 Å². The van der Waals surface area contributed by atoms with Gasteiger partial charge in [0.05, 0.1) is 0 Å². The summed E-state index contributed by atoms with van der Waals surface area (Å²) in [6, 6.07) is 0.431. The second-order valence-electron chi connectivity index (χ2n) is 5.45. The zero-order valence-corrected chi connectivity index (χ0v) is 11.9. The number of carbonyl (C=O) groups excluding carboxylic acids is 1. The normalized spacial score (nSPS) is 17.2. The van der Waals surface area contributed by atoms with E-state index in [0.29, 0.717) is 6.04 Å². The lowest BCUT2D eigenvalue weighted by molar-refractivity contribution is -0.117. The van der Waals surface area contributed by atoms with Crippen LogP contribution in [0.1, 0.15) is 77.6 Å². The van der Waals surface area contributed by atoms with Crippen LogP contribution in [0.15, 0.2) is 12.2 Å². The molecule has 1 aliphatic rings. The Morgan fingerprint density at radius 1 is 1.11 bits per heavy atom. The summed E-state index contributed by atoms with van der Waals surface area (Å²) in [5, 5.41) is 3.10. The molecule has 0 atom stereocenters. The maximum atomic E-state index is 11.6. The standard InChI is InChI=1S/C16H29NO/c1-2-3-4-5-6-7-11-14-16(18)17-15-12-9-8-10-13-15/h11,14-15H,2-10,12-13H2,1H3,(H,17,18)/b14-11+. The van der Waals surface area contributed by atoms with E-state index >= 15 is 0 Å². The highest BCUT2D eigenvalue weighted by molar-refractivity contribution is 5.87. The summed E-state index contributed by atoms with van der Waals surface area (Å²) in [6.45, 7) is 2.23. The summed E-state index contributed by atoms with van der Waals surface area (Å²) in [5.41, 5.74) is 0. The minimum Gasteiger partial charge on any atom is -0.350 e. The average molecular weight is 251 g/mol. The van der Waals surface area contributed by atoms with Crippen molar-refractivity contribution in [2.24, 2.45) is 0 Å². The van der Waals surface area contributed by atoms with Crippen LogP contribution in [0, 0.1) is 0 Å². The molecule has 1 rings (SSSR count). The topological polar surface area (TPSA) is 29.1 Å². The molecule has 0 aromatic rings. The van der Waals surface area contributed by atoms with Crippen molar-refractivity contribution in [3.63, 3.8) is 0 Å². The van der Waals surface area contributed by atoms with E-state index in [0.717, 1.165) is 19.3 Å². The molecule has 1 aliphatic carbocycles. The Hall–Kier alpha value is -0.790. The quantitative estimate of drug-likeness (QED) is 0.504. The highest BCUT2D eigenvalue weighted by Gasteiger charge is 2.13. The Bertz CT molecular complexity index is 241. The minimum absolute atomic E-state index is 0.107. The largest absolute Gasteiger partial charge is 0.350 e. The molecule has 2 nitrogen and oxygen atoms in total. The molecule has 0 unspecified atom stereocenters. The van der Waals surface area contributed by atoms with Gasteiger partial charge in [0.15, 0.2) is 0 Å². The second-order valence-corrected chi connectivity index (χ2v) is 5.45. The van der Waals surface area contributed by atoms with Crippen molar-refractivity contribution in [3.05, 3.63) is 12.2 Å². The van der Waals surface area contributed by atoms with Gasteiger partial charge in [-0.3, -0.25) is 4.79 Å². The lowest BCUT2D eigenvalue weighted by atomic mass is 9.95. The Labute approximate surface area is 112 Å². The summed E-state index contributed by atoms with van der Waals surface area (Å²) in [6.07, 6.45) is 17.5. The summed E-state index contributed by atoms with van der Waals surface area (Å²) in [4.78, 5) is 11.6. The lowest BCUT2D eigenvalue weighted by Gasteiger charge is -2.21. The molecule has 0 bridgehead atoms. The molecule has 0 aliphatic heterocycles. The fraction of sp³-hybridized carbons (Fsp3) is 0.812. The van der Waals surface area contributed by atoms with Crippen LogP contribution in [0.2, 0.25) is 0 Å². The first kappa shape index (κ1) is 15.3. The van der Waals surface area contributed by atoms with Gasteiger partial charge in [-0.1, -0.05) is 57.9 Å². The number of nitrogens with one attached hydrogen (secondary N) is 1. The van der Waals surface area contributed by atoms with Crippen LogP contribution in [-0.4, -0.2) is 11.9 Å². The fourth-order valence-corrected chi connectivity index (χ4v) is 2.55. The number of unbranched alkanes of at least 4 members (excludes halogenated alkanes) is 5. The predicted octanol–water partition coefficient (Wildman–Crippen LogP) is 4.35. The highest BCUT2D eigenvalue weighted by atomic mass is 16.1. The van der Waals surface area contributed by atoms with Gasteiger partial charge < -0.3 is 5.32 Å². The van der Waals surface area contributed by atoms with Crippen LogP contribution in [-0.2, 0) is 4.79 Å². The summed E-state index contributed by atoms with van der Waals surface area (Å²) < 4.78 is 0. The Morgan fingerprint density at radius 3 is 2.56 bits per heavy atom. The lowest BCUT2D eigenvalue weighted by Crippen LogP contribution is -2.34. The molecular weight excluding hydrogens is 222 g/mol. The van der Waals surface area contributed by atoms with E-state index in [4.69, 9.17) is 0 Å². The summed E-state index contributed by atoms with van der Waals surface area (Å²) >= 11 is 0. The van der Waals surface area contributed by atoms with Crippen LogP contribution < -0.4 is 5.32 Å².